The zero-order valence-corrected chi connectivity index (χ0v) is 15.9. The van der Waals surface area contributed by atoms with Gasteiger partial charge in [-0.2, -0.15) is 0 Å². The van der Waals surface area contributed by atoms with Crippen LogP contribution in [0, 0.1) is 5.41 Å². The zero-order chi connectivity index (χ0) is 19.0. The molecule has 4 aliphatic rings. The number of esters is 1. The molecule has 2 aliphatic heterocycles. The largest absolute Gasteiger partial charge is 0.504 e. The van der Waals surface area contributed by atoms with Crippen LogP contribution >= 0.6 is 0 Å². The molecule has 1 aromatic carbocycles. The molecule has 144 valence electrons. The third kappa shape index (κ3) is 1.87. The van der Waals surface area contributed by atoms with E-state index in [1.165, 1.54) is 0 Å². The summed E-state index contributed by atoms with van der Waals surface area (Å²) in [5.41, 5.74) is 1.11. The maximum absolute atomic E-state index is 12.5. The lowest BCUT2D eigenvalue weighted by molar-refractivity contribution is -0.144. The Morgan fingerprint density at radius 2 is 2.07 bits per heavy atom. The van der Waals surface area contributed by atoms with E-state index in [0.29, 0.717) is 18.6 Å². The Bertz CT molecular complexity index is 864. The van der Waals surface area contributed by atoms with E-state index in [4.69, 9.17) is 14.2 Å². The molecule has 6 heteroatoms. The van der Waals surface area contributed by atoms with E-state index in [-0.39, 0.29) is 23.9 Å². The van der Waals surface area contributed by atoms with Crippen molar-refractivity contribution < 1.29 is 24.1 Å². The molecule has 0 radical (unpaired) electrons. The molecule has 5 rings (SSSR count). The second-order valence-electron chi connectivity index (χ2n) is 8.29. The number of nitrogens with zero attached hydrogens (tertiary/aromatic N) is 1. The van der Waals surface area contributed by atoms with Crippen LogP contribution in [0.4, 0.5) is 0 Å². The first kappa shape index (κ1) is 16.9. The predicted octanol–water partition coefficient (Wildman–Crippen LogP) is 2.13. The lowest BCUT2D eigenvalue weighted by Gasteiger charge is -2.63. The smallest absolute Gasteiger partial charge is 0.306 e. The first-order valence-electron chi connectivity index (χ1n) is 9.51. The number of hydrogen-bond acceptors (Lipinski definition) is 6. The van der Waals surface area contributed by atoms with Gasteiger partial charge in [-0.25, -0.2) is 0 Å². The number of benzene rings is 1. The summed E-state index contributed by atoms with van der Waals surface area (Å²) in [6, 6.07) is 4.06. The fraction of sp³-hybridized carbons (Fsp3) is 0.571. The Labute approximate surface area is 158 Å². The van der Waals surface area contributed by atoms with Gasteiger partial charge < -0.3 is 24.2 Å². The summed E-state index contributed by atoms with van der Waals surface area (Å²) in [4.78, 5) is 14.9. The zero-order valence-electron chi connectivity index (χ0n) is 15.9. The Morgan fingerprint density at radius 1 is 1.26 bits per heavy atom. The first-order valence-corrected chi connectivity index (χ1v) is 9.51. The van der Waals surface area contributed by atoms with Gasteiger partial charge >= 0.3 is 5.97 Å². The standard InChI is InChI=1S/C21H25NO5/c1-22-7-6-20-10-13(25-2)9-16-21(20,11-17(23)27-16)15(22)8-12-4-5-14(26-3)19(24)18(12)20/h4-5,10,15-16,24H,6-9,11H2,1-3H3/t15-,16+,20-,21-/m1/s1. The molecule has 1 spiro atoms. The van der Waals surface area contributed by atoms with Gasteiger partial charge in [0.05, 0.1) is 26.4 Å². The average molecular weight is 371 g/mol. The van der Waals surface area contributed by atoms with Gasteiger partial charge in [0.1, 0.15) is 6.10 Å². The van der Waals surface area contributed by atoms with E-state index in [1.807, 2.05) is 6.07 Å². The highest BCUT2D eigenvalue weighted by Gasteiger charge is 2.71. The molecule has 27 heavy (non-hydrogen) atoms. The molecule has 4 atom stereocenters. The molecule has 6 nitrogen and oxygen atoms in total. The SMILES string of the molecule is COC1=C[C@]23CCN(C)[C@H](Cc4ccc(OC)c(O)c42)[C@@]32CC(=O)O[C@H]2C1. The molecule has 2 bridgehead atoms. The van der Waals surface area contributed by atoms with Crippen LogP contribution in [0.5, 0.6) is 11.5 Å². The normalized spacial score (nSPS) is 36.9. The number of allylic oxidation sites excluding steroid dienone is 1. The first-order chi connectivity index (χ1) is 13.0. The summed E-state index contributed by atoms with van der Waals surface area (Å²) < 4.78 is 16.9. The molecule has 2 fully saturated rings. The summed E-state index contributed by atoms with van der Waals surface area (Å²) in [7, 11) is 5.36. The molecule has 0 saturated carbocycles. The van der Waals surface area contributed by atoms with Crippen molar-refractivity contribution in [1.82, 2.24) is 4.90 Å². The molecule has 0 amide bonds. The Hall–Kier alpha value is -2.21. The number of hydrogen-bond donors (Lipinski definition) is 1. The number of fused-ring (bicyclic) bond motifs is 1. The highest BCUT2D eigenvalue weighted by atomic mass is 16.6. The topological polar surface area (TPSA) is 68.2 Å². The van der Waals surface area contributed by atoms with E-state index < -0.39 is 10.8 Å². The third-order valence-corrected chi connectivity index (χ3v) is 7.46. The van der Waals surface area contributed by atoms with Crippen molar-refractivity contribution in [3.63, 3.8) is 0 Å². The lowest BCUT2D eigenvalue weighted by atomic mass is 9.44. The summed E-state index contributed by atoms with van der Waals surface area (Å²) >= 11 is 0. The minimum absolute atomic E-state index is 0.152. The number of carbonyl (C=O) groups is 1. The Morgan fingerprint density at radius 3 is 2.81 bits per heavy atom. The van der Waals surface area contributed by atoms with E-state index in [2.05, 4.69) is 24.1 Å². The number of methoxy groups -OCH3 is 2. The Balaban J connectivity index is 1.86. The van der Waals surface area contributed by atoms with Gasteiger partial charge in [-0.3, -0.25) is 4.79 Å². The number of likely N-dealkylation sites (N-methyl/N-ethyl adjacent to an activating group) is 1. The lowest BCUT2D eigenvalue weighted by Crippen LogP contribution is -2.69. The second-order valence-corrected chi connectivity index (χ2v) is 8.29. The minimum Gasteiger partial charge on any atom is -0.504 e. The summed E-state index contributed by atoms with van der Waals surface area (Å²) in [6.45, 7) is 0.886. The molecular weight excluding hydrogens is 346 g/mol. The van der Waals surface area contributed by atoms with Crippen molar-refractivity contribution in [2.45, 2.75) is 43.2 Å². The Kier molecular flexibility index (Phi) is 3.39. The van der Waals surface area contributed by atoms with Gasteiger partial charge in [0.2, 0.25) is 0 Å². The number of likely N-dealkylation sites (tertiary alicyclic amines) is 1. The monoisotopic (exact) mass is 371 g/mol. The van der Waals surface area contributed by atoms with Crippen molar-refractivity contribution in [2.24, 2.45) is 5.41 Å². The number of phenols is 1. The fourth-order valence-electron chi connectivity index (χ4n) is 6.38. The van der Waals surface area contributed by atoms with Crippen LogP contribution in [-0.4, -0.2) is 55.9 Å². The van der Waals surface area contributed by atoms with Crippen LogP contribution in [-0.2, 0) is 26.1 Å². The highest BCUT2D eigenvalue weighted by Crippen LogP contribution is 2.67. The molecule has 0 unspecified atom stereocenters. The van der Waals surface area contributed by atoms with Crippen LogP contribution < -0.4 is 4.74 Å². The number of aromatic hydroxyl groups is 1. The van der Waals surface area contributed by atoms with Crippen molar-refractivity contribution in [2.75, 3.05) is 27.8 Å². The van der Waals surface area contributed by atoms with E-state index in [9.17, 15) is 9.90 Å². The van der Waals surface area contributed by atoms with E-state index in [1.54, 1.807) is 14.2 Å². The van der Waals surface area contributed by atoms with Crippen LogP contribution in [0.15, 0.2) is 24.0 Å². The van der Waals surface area contributed by atoms with Gasteiger partial charge in [-0.05, 0) is 44.1 Å². The van der Waals surface area contributed by atoms with Gasteiger partial charge in [0.15, 0.2) is 11.5 Å². The van der Waals surface area contributed by atoms with Crippen LogP contribution in [0.25, 0.3) is 0 Å². The molecule has 2 aliphatic carbocycles. The number of phenolic OH excluding ortho intramolecular Hbond substituents is 1. The number of carbonyl (C=O) groups excluding carboxylic acids is 1. The van der Waals surface area contributed by atoms with E-state index in [0.717, 1.165) is 36.3 Å². The van der Waals surface area contributed by atoms with Gasteiger partial charge in [0, 0.05) is 28.9 Å². The van der Waals surface area contributed by atoms with Crippen molar-refractivity contribution in [3.8, 4) is 11.5 Å². The molecule has 2 saturated heterocycles. The van der Waals surface area contributed by atoms with Crippen molar-refractivity contribution in [3.05, 3.63) is 35.1 Å². The summed E-state index contributed by atoms with van der Waals surface area (Å²) in [5.74, 6) is 1.32. The van der Waals surface area contributed by atoms with Gasteiger partial charge in [0.25, 0.3) is 0 Å². The number of piperidine rings is 1. The minimum atomic E-state index is -0.503. The van der Waals surface area contributed by atoms with Crippen LogP contribution in [0.2, 0.25) is 0 Å². The maximum Gasteiger partial charge on any atom is 0.306 e. The van der Waals surface area contributed by atoms with Crippen LogP contribution in [0.1, 0.15) is 30.4 Å². The molecule has 0 aromatic heterocycles. The van der Waals surface area contributed by atoms with Crippen LogP contribution in [0.3, 0.4) is 0 Å². The fourth-order valence-corrected chi connectivity index (χ4v) is 6.38. The van der Waals surface area contributed by atoms with Gasteiger partial charge in [-0.15, -0.1) is 0 Å². The number of rotatable bonds is 2. The number of ether oxygens (including phenoxy) is 3. The molecule has 2 heterocycles. The van der Waals surface area contributed by atoms with Crippen molar-refractivity contribution in [1.29, 1.82) is 0 Å². The molecule has 1 aromatic rings. The van der Waals surface area contributed by atoms with Crippen molar-refractivity contribution >= 4 is 5.97 Å². The maximum atomic E-state index is 12.5. The van der Waals surface area contributed by atoms with E-state index >= 15 is 0 Å². The summed E-state index contributed by atoms with van der Waals surface area (Å²) in [5, 5.41) is 11.2. The average Bonchev–Trinajstić information content (AvgIpc) is 2.98. The third-order valence-electron chi connectivity index (χ3n) is 7.46. The molecule has 1 N–H and O–H groups in total. The molecular formula is C21H25NO5. The van der Waals surface area contributed by atoms with Gasteiger partial charge in [-0.1, -0.05) is 6.07 Å². The quantitative estimate of drug-likeness (QED) is 0.804. The predicted molar refractivity (Wildman–Crippen MR) is 97.7 cm³/mol. The second kappa shape index (κ2) is 5.41. The highest BCUT2D eigenvalue weighted by molar-refractivity contribution is 5.76. The summed E-state index contributed by atoms with van der Waals surface area (Å²) in [6.07, 6.45) is 4.48.